The number of pyridine rings is 1. The number of aromatic nitrogens is 1. The normalized spacial score (nSPS) is 18.1. The summed E-state index contributed by atoms with van der Waals surface area (Å²) in [6.45, 7) is 0.651. The van der Waals surface area contributed by atoms with Gasteiger partial charge in [0.25, 0.3) is 0 Å². The molecule has 2 heterocycles. The van der Waals surface area contributed by atoms with Gasteiger partial charge in [0.05, 0.1) is 11.1 Å². The van der Waals surface area contributed by atoms with E-state index in [-0.39, 0.29) is 5.56 Å². The number of nitrogens with zero attached hydrogens (tertiary/aromatic N) is 2. The number of nitrogens with two attached hydrogens (primary N) is 1. The molecule has 3 N–H and O–H groups in total. The van der Waals surface area contributed by atoms with Gasteiger partial charge in [0, 0.05) is 11.9 Å². The van der Waals surface area contributed by atoms with Gasteiger partial charge in [-0.2, -0.15) is 0 Å². The molecular weight excluding hydrogens is 270 g/mol. The van der Waals surface area contributed by atoms with E-state index in [1.807, 2.05) is 0 Å². The van der Waals surface area contributed by atoms with Gasteiger partial charge in [-0.25, -0.2) is 9.78 Å². The third kappa shape index (κ3) is 2.29. The van der Waals surface area contributed by atoms with E-state index < -0.39 is 17.9 Å². The maximum absolute atomic E-state index is 11.5. The number of anilines is 1. The lowest BCUT2D eigenvalue weighted by Gasteiger charge is -2.24. The minimum absolute atomic E-state index is 0.186. The standard InChI is InChI=1S/C15H15N3O3/c16-14(19)12-6-3-7-18(12)13-8-10(15(20)21)9-4-1-2-5-11(9)17-13/h1-2,4-5,8,12H,3,6-7H2,(H2,16,19)(H,20,21). The first-order chi connectivity index (χ1) is 10.1. The van der Waals surface area contributed by atoms with Crippen LogP contribution in [0.3, 0.4) is 0 Å². The number of benzene rings is 1. The lowest BCUT2D eigenvalue weighted by atomic mass is 10.1. The van der Waals surface area contributed by atoms with Crippen molar-refractivity contribution in [1.29, 1.82) is 0 Å². The van der Waals surface area contributed by atoms with E-state index in [1.165, 1.54) is 6.07 Å². The number of aromatic carboxylic acids is 1. The smallest absolute Gasteiger partial charge is 0.336 e. The van der Waals surface area contributed by atoms with Crippen molar-refractivity contribution in [1.82, 2.24) is 4.98 Å². The number of para-hydroxylation sites is 1. The molecule has 1 aliphatic rings. The van der Waals surface area contributed by atoms with E-state index in [2.05, 4.69) is 4.98 Å². The summed E-state index contributed by atoms with van der Waals surface area (Å²) < 4.78 is 0. The van der Waals surface area contributed by atoms with Crippen LogP contribution in [0.2, 0.25) is 0 Å². The second-order valence-corrected chi connectivity index (χ2v) is 5.10. The van der Waals surface area contributed by atoms with Gasteiger partial charge in [-0.05, 0) is 25.0 Å². The molecule has 0 bridgehead atoms. The Morgan fingerprint density at radius 3 is 2.81 bits per heavy atom. The van der Waals surface area contributed by atoms with E-state index in [0.29, 0.717) is 29.7 Å². The summed E-state index contributed by atoms with van der Waals surface area (Å²) >= 11 is 0. The number of carboxylic acids is 1. The monoisotopic (exact) mass is 285 g/mol. The number of fused-ring (bicyclic) bond motifs is 1. The fraction of sp³-hybridized carbons (Fsp3) is 0.267. The minimum atomic E-state index is -1.01. The van der Waals surface area contributed by atoms with Crippen LogP contribution in [0, 0.1) is 0 Å². The fourth-order valence-corrected chi connectivity index (χ4v) is 2.82. The minimum Gasteiger partial charge on any atom is -0.478 e. The predicted molar refractivity (Wildman–Crippen MR) is 78.3 cm³/mol. The molecule has 1 atom stereocenters. The zero-order valence-corrected chi connectivity index (χ0v) is 11.3. The molecule has 1 fully saturated rings. The third-order valence-electron chi connectivity index (χ3n) is 3.81. The zero-order chi connectivity index (χ0) is 15.0. The Balaban J connectivity index is 2.15. The largest absolute Gasteiger partial charge is 0.478 e. The molecule has 0 aliphatic carbocycles. The van der Waals surface area contributed by atoms with Crippen molar-refractivity contribution in [3.05, 3.63) is 35.9 Å². The Morgan fingerprint density at radius 1 is 1.33 bits per heavy atom. The average molecular weight is 285 g/mol. The first kappa shape index (κ1) is 13.4. The Kier molecular flexibility index (Phi) is 3.21. The maximum atomic E-state index is 11.5. The van der Waals surface area contributed by atoms with Gasteiger partial charge in [0.2, 0.25) is 5.91 Å². The Bertz CT molecular complexity index is 729. The maximum Gasteiger partial charge on any atom is 0.336 e. The van der Waals surface area contributed by atoms with E-state index in [4.69, 9.17) is 5.73 Å². The first-order valence-electron chi connectivity index (χ1n) is 6.77. The summed E-state index contributed by atoms with van der Waals surface area (Å²) in [6, 6.07) is 8.18. The van der Waals surface area contributed by atoms with Crippen LogP contribution in [0.15, 0.2) is 30.3 Å². The van der Waals surface area contributed by atoms with E-state index >= 15 is 0 Å². The number of hydrogen-bond donors (Lipinski definition) is 2. The quantitative estimate of drug-likeness (QED) is 0.888. The second-order valence-electron chi connectivity index (χ2n) is 5.10. The number of carboxylic acid groups (broad SMARTS) is 1. The summed E-state index contributed by atoms with van der Waals surface area (Å²) in [5, 5.41) is 9.97. The average Bonchev–Trinajstić information content (AvgIpc) is 2.95. The molecule has 21 heavy (non-hydrogen) atoms. The molecule has 6 heteroatoms. The number of rotatable bonds is 3. The highest BCUT2D eigenvalue weighted by Crippen LogP contribution is 2.28. The summed E-state index contributed by atoms with van der Waals surface area (Å²) in [7, 11) is 0. The summed E-state index contributed by atoms with van der Waals surface area (Å²) in [5.74, 6) is -0.920. The molecule has 1 aromatic carbocycles. The van der Waals surface area contributed by atoms with Crippen molar-refractivity contribution in [2.75, 3.05) is 11.4 Å². The molecule has 3 rings (SSSR count). The van der Waals surface area contributed by atoms with Gasteiger partial charge in [0.1, 0.15) is 11.9 Å². The molecule has 1 unspecified atom stereocenters. The van der Waals surface area contributed by atoms with Gasteiger partial charge in [0.15, 0.2) is 0 Å². The molecule has 1 saturated heterocycles. The lowest BCUT2D eigenvalue weighted by molar-refractivity contribution is -0.119. The van der Waals surface area contributed by atoms with Crippen LogP contribution < -0.4 is 10.6 Å². The highest BCUT2D eigenvalue weighted by atomic mass is 16.4. The van der Waals surface area contributed by atoms with E-state index in [1.54, 1.807) is 29.2 Å². The molecule has 1 aliphatic heterocycles. The van der Waals surface area contributed by atoms with Crippen molar-refractivity contribution in [2.45, 2.75) is 18.9 Å². The second kappa shape index (κ2) is 5.05. The van der Waals surface area contributed by atoms with Crippen LogP contribution in [0.5, 0.6) is 0 Å². The Hall–Kier alpha value is -2.63. The van der Waals surface area contributed by atoms with Gasteiger partial charge in [-0.1, -0.05) is 18.2 Å². The van der Waals surface area contributed by atoms with E-state index in [0.717, 1.165) is 6.42 Å². The summed E-state index contributed by atoms with van der Waals surface area (Å²) in [5.41, 5.74) is 6.20. The molecule has 1 amide bonds. The van der Waals surface area contributed by atoms with Crippen molar-refractivity contribution in [2.24, 2.45) is 5.73 Å². The molecule has 108 valence electrons. The van der Waals surface area contributed by atoms with Crippen molar-refractivity contribution < 1.29 is 14.7 Å². The van der Waals surface area contributed by atoms with E-state index in [9.17, 15) is 14.7 Å². The molecular formula is C15H15N3O3. The molecule has 0 saturated carbocycles. The number of amides is 1. The number of carbonyl (C=O) groups is 2. The third-order valence-corrected chi connectivity index (χ3v) is 3.81. The van der Waals surface area contributed by atoms with Gasteiger partial charge in [-0.3, -0.25) is 4.79 Å². The van der Waals surface area contributed by atoms with Crippen LogP contribution in [0.4, 0.5) is 5.82 Å². The molecule has 0 spiro atoms. The highest BCUT2D eigenvalue weighted by molar-refractivity contribution is 6.03. The van der Waals surface area contributed by atoms with Crippen molar-refractivity contribution in [3.63, 3.8) is 0 Å². The molecule has 2 aromatic rings. The van der Waals surface area contributed by atoms with Crippen LogP contribution >= 0.6 is 0 Å². The first-order valence-corrected chi connectivity index (χ1v) is 6.77. The van der Waals surface area contributed by atoms with Crippen molar-refractivity contribution in [3.8, 4) is 0 Å². The van der Waals surface area contributed by atoms with Crippen LogP contribution in [-0.2, 0) is 4.79 Å². The lowest BCUT2D eigenvalue weighted by Crippen LogP contribution is -2.40. The number of primary amides is 1. The predicted octanol–water partition coefficient (Wildman–Crippen LogP) is 1.39. The molecule has 0 radical (unpaired) electrons. The fourth-order valence-electron chi connectivity index (χ4n) is 2.82. The van der Waals surface area contributed by atoms with Crippen LogP contribution in [-0.4, -0.2) is 34.6 Å². The Labute approximate surface area is 121 Å². The summed E-state index contributed by atoms with van der Waals surface area (Å²) in [6.07, 6.45) is 1.51. The Morgan fingerprint density at radius 2 is 2.10 bits per heavy atom. The summed E-state index contributed by atoms with van der Waals surface area (Å²) in [4.78, 5) is 29.2. The van der Waals surface area contributed by atoms with Crippen molar-refractivity contribution >= 4 is 28.6 Å². The number of hydrogen-bond acceptors (Lipinski definition) is 4. The highest BCUT2D eigenvalue weighted by Gasteiger charge is 2.30. The van der Waals surface area contributed by atoms with Crippen LogP contribution in [0.25, 0.3) is 10.9 Å². The number of carbonyl (C=O) groups excluding carboxylic acids is 1. The van der Waals surface area contributed by atoms with Crippen LogP contribution in [0.1, 0.15) is 23.2 Å². The zero-order valence-electron chi connectivity index (χ0n) is 11.3. The van der Waals surface area contributed by atoms with Gasteiger partial charge >= 0.3 is 5.97 Å². The molecule has 6 nitrogen and oxygen atoms in total. The van der Waals surface area contributed by atoms with Gasteiger partial charge < -0.3 is 15.7 Å². The topological polar surface area (TPSA) is 96.5 Å². The van der Waals surface area contributed by atoms with Gasteiger partial charge in [-0.15, -0.1) is 0 Å². The molecule has 1 aromatic heterocycles. The SMILES string of the molecule is NC(=O)C1CCCN1c1cc(C(=O)O)c2ccccc2n1.